The molecule has 96 valence electrons. The fraction of sp³-hybridized carbons (Fsp3) is 0.800. The molecule has 2 fully saturated rings. The minimum absolute atomic E-state index is 0.150. The molecule has 17 heavy (non-hydrogen) atoms. The molecule has 0 heterocycles. The molecule has 0 aliphatic heterocycles. The Morgan fingerprint density at radius 3 is 2.47 bits per heavy atom. The molecule has 2 atom stereocenters. The van der Waals surface area contributed by atoms with Crippen LogP contribution in [0.25, 0.3) is 0 Å². The molecule has 0 aromatic carbocycles. The summed E-state index contributed by atoms with van der Waals surface area (Å²) in [6.07, 6.45) is 13.6. The molecule has 2 aliphatic carbocycles. The summed E-state index contributed by atoms with van der Waals surface area (Å²) in [5.74, 6) is 1.03. The Bertz CT molecular complexity index is 277. The number of ketones is 1. The summed E-state index contributed by atoms with van der Waals surface area (Å²) in [5.41, 5.74) is 0. The molecule has 0 aromatic rings. The first-order chi connectivity index (χ1) is 8.25. The van der Waals surface area contributed by atoms with Crippen LogP contribution >= 0.6 is 0 Å². The fourth-order valence-electron chi connectivity index (χ4n) is 3.13. The minimum atomic E-state index is -0.150. The minimum Gasteiger partial charge on any atom is -0.393 e. The van der Waals surface area contributed by atoms with Gasteiger partial charge in [-0.2, -0.15) is 0 Å². The van der Waals surface area contributed by atoms with E-state index in [9.17, 15) is 9.90 Å². The standard InChI is InChI=1S/C15H24O2/c16-14-8-4-5-12(11-14)9-10-15(17)13-6-2-1-3-7-13/h9-10,12-14,16H,1-8,11H2/b10-9+. The molecule has 2 nitrogen and oxygen atoms in total. The van der Waals surface area contributed by atoms with Crippen LogP contribution < -0.4 is 0 Å². The molecule has 2 aliphatic rings. The summed E-state index contributed by atoms with van der Waals surface area (Å²) in [4.78, 5) is 12.0. The number of hydrogen-bond donors (Lipinski definition) is 1. The Kier molecular flexibility index (Phi) is 4.78. The van der Waals surface area contributed by atoms with Crippen LogP contribution in [0.3, 0.4) is 0 Å². The number of aliphatic hydroxyl groups is 1. The third-order valence-corrected chi connectivity index (χ3v) is 4.23. The van der Waals surface area contributed by atoms with Crippen LogP contribution in [0.4, 0.5) is 0 Å². The van der Waals surface area contributed by atoms with Gasteiger partial charge in [0.25, 0.3) is 0 Å². The van der Waals surface area contributed by atoms with E-state index in [2.05, 4.69) is 6.08 Å². The highest BCUT2D eigenvalue weighted by molar-refractivity contribution is 5.91. The highest BCUT2D eigenvalue weighted by Gasteiger charge is 2.21. The lowest BCUT2D eigenvalue weighted by Gasteiger charge is -2.23. The van der Waals surface area contributed by atoms with E-state index >= 15 is 0 Å². The molecule has 0 radical (unpaired) electrons. The first-order valence-electron chi connectivity index (χ1n) is 7.16. The summed E-state index contributed by atoms with van der Waals surface area (Å²) in [6, 6.07) is 0. The van der Waals surface area contributed by atoms with E-state index in [1.165, 1.54) is 19.3 Å². The molecule has 2 rings (SSSR count). The Morgan fingerprint density at radius 1 is 1.00 bits per heavy atom. The van der Waals surface area contributed by atoms with Crippen LogP contribution in [-0.2, 0) is 4.79 Å². The van der Waals surface area contributed by atoms with Gasteiger partial charge in [0.05, 0.1) is 6.10 Å². The molecule has 0 aromatic heterocycles. The summed E-state index contributed by atoms with van der Waals surface area (Å²) in [6.45, 7) is 0. The third-order valence-electron chi connectivity index (χ3n) is 4.23. The highest BCUT2D eigenvalue weighted by Crippen LogP contribution is 2.27. The molecule has 2 saturated carbocycles. The number of rotatable bonds is 3. The van der Waals surface area contributed by atoms with Crippen molar-refractivity contribution in [2.24, 2.45) is 11.8 Å². The van der Waals surface area contributed by atoms with Crippen LogP contribution in [0.2, 0.25) is 0 Å². The molecule has 0 spiro atoms. The fourth-order valence-corrected chi connectivity index (χ4v) is 3.13. The van der Waals surface area contributed by atoms with Crippen LogP contribution in [0.1, 0.15) is 57.8 Å². The lowest BCUT2D eigenvalue weighted by Crippen LogP contribution is -2.19. The monoisotopic (exact) mass is 236 g/mol. The van der Waals surface area contributed by atoms with Crippen molar-refractivity contribution in [3.63, 3.8) is 0 Å². The van der Waals surface area contributed by atoms with E-state index in [1.54, 1.807) is 6.08 Å². The zero-order valence-electron chi connectivity index (χ0n) is 10.6. The second kappa shape index (κ2) is 6.34. The zero-order valence-corrected chi connectivity index (χ0v) is 10.6. The quantitative estimate of drug-likeness (QED) is 0.764. The third kappa shape index (κ3) is 3.95. The summed E-state index contributed by atoms with van der Waals surface area (Å²) < 4.78 is 0. The van der Waals surface area contributed by atoms with Crippen LogP contribution in [0.5, 0.6) is 0 Å². The Morgan fingerprint density at radius 2 is 1.76 bits per heavy atom. The number of carbonyl (C=O) groups is 1. The van der Waals surface area contributed by atoms with Crippen molar-refractivity contribution in [1.29, 1.82) is 0 Å². The Hall–Kier alpha value is -0.630. The normalized spacial score (nSPS) is 31.8. The van der Waals surface area contributed by atoms with Gasteiger partial charge in [-0.05, 0) is 44.1 Å². The molecule has 1 N–H and O–H groups in total. The second-order valence-corrected chi connectivity index (χ2v) is 5.68. The molecule has 2 unspecified atom stereocenters. The number of hydrogen-bond acceptors (Lipinski definition) is 2. The van der Waals surface area contributed by atoms with Crippen molar-refractivity contribution in [3.05, 3.63) is 12.2 Å². The van der Waals surface area contributed by atoms with Gasteiger partial charge < -0.3 is 5.11 Å². The summed E-state index contributed by atoms with van der Waals surface area (Å²) in [5, 5.41) is 9.57. The summed E-state index contributed by atoms with van der Waals surface area (Å²) in [7, 11) is 0. The zero-order chi connectivity index (χ0) is 12.1. The van der Waals surface area contributed by atoms with Crippen molar-refractivity contribution in [2.75, 3.05) is 0 Å². The first kappa shape index (κ1) is 12.8. The number of aliphatic hydroxyl groups excluding tert-OH is 1. The van der Waals surface area contributed by atoms with Crippen molar-refractivity contribution >= 4 is 5.78 Å². The average Bonchev–Trinajstić information content (AvgIpc) is 2.37. The van der Waals surface area contributed by atoms with E-state index < -0.39 is 0 Å². The van der Waals surface area contributed by atoms with Crippen molar-refractivity contribution in [1.82, 2.24) is 0 Å². The Labute approximate surface area is 104 Å². The van der Waals surface area contributed by atoms with Gasteiger partial charge >= 0.3 is 0 Å². The predicted molar refractivity (Wildman–Crippen MR) is 68.7 cm³/mol. The van der Waals surface area contributed by atoms with Gasteiger partial charge in [-0.15, -0.1) is 0 Å². The second-order valence-electron chi connectivity index (χ2n) is 5.68. The van der Waals surface area contributed by atoms with Crippen LogP contribution in [-0.4, -0.2) is 17.0 Å². The lowest BCUT2D eigenvalue weighted by atomic mass is 9.84. The predicted octanol–water partition coefficient (Wildman–Crippen LogP) is 3.24. The van der Waals surface area contributed by atoms with Crippen LogP contribution in [0, 0.1) is 11.8 Å². The first-order valence-corrected chi connectivity index (χ1v) is 7.16. The largest absolute Gasteiger partial charge is 0.393 e. The average molecular weight is 236 g/mol. The van der Waals surface area contributed by atoms with Crippen LogP contribution in [0.15, 0.2) is 12.2 Å². The molecule has 0 saturated heterocycles. The smallest absolute Gasteiger partial charge is 0.158 e. The van der Waals surface area contributed by atoms with Gasteiger partial charge in [-0.25, -0.2) is 0 Å². The van der Waals surface area contributed by atoms with Crippen molar-refractivity contribution < 1.29 is 9.90 Å². The van der Waals surface area contributed by atoms with E-state index in [0.717, 1.165) is 38.5 Å². The molecule has 2 heteroatoms. The van der Waals surface area contributed by atoms with E-state index in [0.29, 0.717) is 11.7 Å². The van der Waals surface area contributed by atoms with Crippen molar-refractivity contribution in [3.8, 4) is 0 Å². The highest BCUT2D eigenvalue weighted by atomic mass is 16.3. The van der Waals surface area contributed by atoms with Gasteiger partial charge in [0.15, 0.2) is 5.78 Å². The maximum absolute atomic E-state index is 12.0. The van der Waals surface area contributed by atoms with Gasteiger partial charge in [0.2, 0.25) is 0 Å². The maximum Gasteiger partial charge on any atom is 0.158 e. The van der Waals surface area contributed by atoms with Gasteiger partial charge in [-0.1, -0.05) is 31.8 Å². The molecular formula is C15H24O2. The number of carbonyl (C=O) groups excluding carboxylic acids is 1. The van der Waals surface area contributed by atoms with Gasteiger partial charge in [0, 0.05) is 5.92 Å². The summed E-state index contributed by atoms with van der Waals surface area (Å²) >= 11 is 0. The van der Waals surface area contributed by atoms with Gasteiger partial charge in [0.1, 0.15) is 0 Å². The van der Waals surface area contributed by atoms with Crippen molar-refractivity contribution in [2.45, 2.75) is 63.9 Å². The lowest BCUT2D eigenvalue weighted by molar-refractivity contribution is -0.119. The van der Waals surface area contributed by atoms with E-state index in [-0.39, 0.29) is 12.0 Å². The van der Waals surface area contributed by atoms with E-state index in [1.807, 2.05) is 0 Å². The Balaban J connectivity index is 1.80. The topological polar surface area (TPSA) is 37.3 Å². The molecule has 0 amide bonds. The number of allylic oxidation sites excluding steroid dienone is 2. The SMILES string of the molecule is O=C(/C=C/C1CCCC(O)C1)C1CCCCC1. The van der Waals surface area contributed by atoms with Gasteiger partial charge in [-0.3, -0.25) is 4.79 Å². The maximum atomic E-state index is 12.0. The molecule has 0 bridgehead atoms. The molecular weight excluding hydrogens is 212 g/mol. The van der Waals surface area contributed by atoms with E-state index in [4.69, 9.17) is 0 Å².